The molecule has 8 heteroatoms. The molecule has 0 aliphatic carbocycles. The SMILES string of the molecule is O=C(CCS(=O)(=O)c1ccc(Cl)cc1)N(CCN1CCOCC1)c1ccccc1. The van der Waals surface area contributed by atoms with Crippen molar-refractivity contribution in [3.63, 3.8) is 0 Å². The van der Waals surface area contributed by atoms with Gasteiger partial charge in [0.15, 0.2) is 9.84 Å². The normalized spacial score (nSPS) is 15.2. The van der Waals surface area contributed by atoms with E-state index in [1.54, 1.807) is 4.90 Å². The van der Waals surface area contributed by atoms with Crippen molar-refractivity contribution >= 4 is 33.0 Å². The number of benzene rings is 2. The van der Waals surface area contributed by atoms with Gasteiger partial charge in [0.2, 0.25) is 5.91 Å². The number of halogens is 1. The van der Waals surface area contributed by atoms with Crippen LogP contribution in [0.5, 0.6) is 0 Å². The van der Waals surface area contributed by atoms with Crippen LogP contribution in [-0.2, 0) is 19.4 Å². The van der Waals surface area contributed by atoms with Crippen LogP contribution in [0.25, 0.3) is 0 Å². The topological polar surface area (TPSA) is 66.9 Å². The van der Waals surface area contributed by atoms with Crippen LogP contribution in [0, 0.1) is 0 Å². The van der Waals surface area contributed by atoms with Crippen LogP contribution in [0.4, 0.5) is 5.69 Å². The van der Waals surface area contributed by atoms with E-state index in [9.17, 15) is 13.2 Å². The van der Waals surface area contributed by atoms with Crippen molar-refractivity contribution in [3.05, 3.63) is 59.6 Å². The number of hydrogen-bond acceptors (Lipinski definition) is 5. The Morgan fingerprint density at radius 3 is 2.34 bits per heavy atom. The maximum atomic E-state index is 12.9. The molecule has 0 spiro atoms. The van der Waals surface area contributed by atoms with E-state index in [2.05, 4.69) is 4.90 Å². The van der Waals surface area contributed by atoms with Gasteiger partial charge >= 0.3 is 0 Å². The molecule has 156 valence electrons. The van der Waals surface area contributed by atoms with E-state index in [0.29, 0.717) is 31.3 Å². The first-order valence-corrected chi connectivity index (χ1v) is 11.6. The number of morpholine rings is 1. The molecule has 29 heavy (non-hydrogen) atoms. The molecular weight excluding hydrogens is 412 g/mol. The van der Waals surface area contributed by atoms with Crippen LogP contribution in [0.3, 0.4) is 0 Å². The zero-order valence-electron chi connectivity index (χ0n) is 16.2. The number of carbonyl (C=O) groups is 1. The standard InChI is InChI=1S/C21H25ClN2O4S/c22-18-6-8-20(9-7-18)29(26,27)17-10-21(25)24(19-4-2-1-3-5-19)12-11-23-13-15-28-16-14-23/h1-9H,10-17H2. The number of amides is 1. The van der Waals surface area contributed by atoms with Crippen molar-refractivity contribution in [3.8, 4) is 0 Å². The molecule has 1 fully saturated rings. The molecule has 2 aromatic rings. The zero-order chi connectivity index (χ0) is 20.7. The zero-order valence-corrected chi connectivity index (χ0v) is 17.7. The Morgan fingerprint density at radius 1 is 1.03 bits per heavy atom. The minimum atomic E-state index is -3.56. The monoisotopic (exact) mass is 436 g/mol. The van der Waals surface area contributed by atoms with Crippen LogP contribution in [0.1, 0.15) is 6.42 Å². The van der Waals surface area contributed by atoms with Crippen LogP contribution in [0.2, 0.25) is 5.02 Å². The summed E-state index contributed by atoms with van der Waals surface area (Å²) in [7, 11) is -3.56. The second kappa shape index (κ2) is 10.2. The highest BCUT2D eigenvalue weighted by atomic mass is 35.5. The van der Waals surface area contributed by atoms with E-state index >= 15 is 0 Å². The van der Waals surface area contributed by atoms with Crippen LogP contribution in [0.15, 0.2) is 59.5 Å². The first-order valence-electron chi connectivity index (χ1n) is 9.59. The summed E-state index contributed by atoms with van der Waals surface area (Å²) in [6.45, 7) is 4.28. The number of ether oxygens (including phenoxy) is 1. The molecule has 1 aliphatic rings. The highest BCUT2D eigenvalue weighted by molar-refractivity contribution is 7.91. The average Bonchev–Trinajstić information content (AvgIpc) is 2.74. The molecule has 1 aliphatic heterocycles. The molecule has 0 saturated carbocycles. The van der Waals surface area contributed by atoms with Crippen molar-refractivity contribution in [2.45, 2.75) is 11.3 Å². The number of para-hydroxylation sites is 1. The highest BCUT2D eigenvalue weighted by Crippen LogP contribution is 2.18. The number of rotatable bonds is 8. The third-order valence-corrected chi connectivity index (χ3v) is 6.85. The molecule has 3 rings (SSSR count). The van der Waals surface area contributed by atoms with Gasteiger partial charge in [0, 0.05) is 43.3 Å². The van der Waals surface area contributed by atoms with E-state index in [4.69, 9.17) is 16.3 Å². The summed E-state index contributed by atoms with van der Waals surface area (Å²) in [6.07, 6.45) is -0.0804. The molecule has 0 radical (unpaired) electrons. The van der Waals surface area contributed by atoms with Gasteiger partial charge < -0.3 is 9.64 Å². The van der Waals surface area contributed by atoms with Crippen LogP contribution < -0.4 is 4.90 Å². The molecule has 6 nitrogen and oxygen atoms in total. The average molecular weight is 437 g/mol. The summed E-state index contributed by atoms with van der Waals surface area (Å²) in [5.74, 6) is -0.448. The molecular formula is C21H25ClN2O4S. The molecule has 0 unspecified atom stereocenters. The maximum absolute atomic E-state index is 12.9. The fourth-order valence-corrected chi connectivity index (χ4v) is 4.54. The molecule has 0 aromatic heterocycles. The predicted molar refractivity (Wildman–Crippen MR) is 114 cm³/mol. The Labute approximate surface area is 176 Å². The van der Waals surface area contributed by atoms with Gasteiger partial charge in [-0.2, -0.15) is 0 Å². The lowest BCUT2D eigenvalue weighted by Crippen LogP contribution is -2.43. The molecule has 0 N–H and O–H groups in total. The van der Waals surface area contributed by atoms with E-state index in [1.807, 2.05) is 30.3 Å². The maximum Gasteiger partial charge on any atom is 0.228 e. The van der Waals surface area contributed by atoms with Gasteiger partial charge in [-0.3, -0.25) is 9.69 Å². The van der Waals surface area contributed by atoms with Gasteiger partial charge in [0.1, 0.15) is 0 Å². The highest BCUT2D eigenvalue weighted by Gasteiger charge is 2.22. The van der Waals surface area contributed by atoms with Crippen molar-refractivity contribution in [1.29, 1.82) is 0 Å². The van der Waals surface area contributed by atoms with Crippen molar-refractivity contribution in [2.75, 3.05) is 50.0 Å². The first kappa shape index (κ1) is 21.8. The van der Waals surface area contributed by atoms with Crippen LogP contribution in [-0.4, -0.2) is 64.4 Å². The van der Waals surface area contributed by atoms with Gasteiger partial charge in [-0.05, 0) is 36.4 Å². The molecule has 0 bridgehead atoms. The summed E-state index contributed by atoms with van der Waals surface area (Å²) in [6, 6.07) is 15.4. The lowest BCUT2D eigenvalue weighted by atomic mass is 10.2. The summed E-state index contributed by atoms with van der Waals surface area (Å²) in [5.41, 5.74) is 0.773. The molecule has 1 heterocycles. The second-order valence-electron chi connectivity index (χ2n) is 6.86. The molecule has 2 aromatic carbocycles. The third-order valence-electron chi connectivity index (χ3n) is 4.87. The van der Waals surface area contributed by atoms with Gasteiger partial charge in [-0.25, -0.2) is 8.42 Å². The molecule has 1 saturated heterocycles. The Hall–Kier alpha value is -1.93. The number of nitrogens with zero attached hydrogens (tertiary/aromatic N) is 2. The smallest absolute Gasteiger partial charge is 0.228 e. The summed E-state index contributed by atoms with van der Waals surface area (Å²) in [5, 5.41) is 0.471. The second-order valence-corrected chi connectivity index (χ2v) is 9.40. The lowest BCUT2D eigenvalue weighted by molar-refractivity contribution is -0.118. The number of anilines is 1. The largest absolute Gasteiger partial charge is 0.379 e. The fraction of sp³-hybridized carbons (Fsp3) is 0.381. The molecule has 1 amide bonds. The number of hydrogen-bond donors (Lipinski definition) is 0. The van der Waals surface area contributed by atoms with Gasteiger partial charge in [-0.15, -0.1) is 0 Å². The predicted octanol–water partition coefficient (Wildman–Crippen LogP) is 2.87. The Kier molecular flexibility index (Phi) is 7.66. The fourth-order valence-electron chi connectivity index (χ4n) is 3.19. The number of sulfone groups is 1. The summed E-state index contributed by atoms with van der Waals surface area (Å²) >= 11 is 5.83. The van der Waals surface area contributed by atoms with E-state index in [-0.39, 0.29) is 23.0 Å². The van der Waals surface area contributed by atoms with Crippen molar-refractivity contribution < 1.29 is 17.9 Å². The number of carbonyl (C=O) groups excluding carboxylic acids is 1. The van der Waals surface area contributed by atoms with Gasteiger partial charge in [0.05, 0.1) is 23.9 Å². The lowest BCUT2D eigenvalue weighted by Gasteiger charge is -2.30. The van der Waals surface area contributed by atoms with Gasteiger partial charge in [0.25, 0.3) is 0 Å². The van der Waals surface area contributed by atoms with Crippen molar-refractivity contribution in [1.82, 2.24) is 4.90 Å². The Balaban J connectivity index is 1.66. The van der Waals surface area contributed by atoms with Crippen molar-refractivity contribution in [2.24, 2.45) is 0 Å². The quantitative estimate of drug-likeness (QED) is 0.636. The van der Waals surface area contributed by atoms with Crippen LogP contribution >= 0.6 is 11.6 Å². The van der Waals surface area contributed by atoms with E-state index in [0.717, 1.165) is 18.8 Å². The summed E-state index contributed by atoms with van der Waals surface area (Å²) < 4.78 is 30.5. The summed E-state index contributed by atoms with van der Waals surface area (Å²) in [4.78, 5) is 17.0. The Bertz CT molecular complexity index is 898. The Morgan fingerprint density at radius 2 is 1.69 bits per heavy atom. The third kappa shape index (κ3) is 6.27. The van der Waals surface area contributed by atoms with E-state index < -0.39 is 9.84 Å². The van der Waals surface area contributed by atoms with E-state index in [1.165, 1.54) is 24.3 Å². The minimum absolute atomic E-state index is 0.0804. The minimum Gasteiger partial charge on any atom is -0.379 e. The molecule has 0 atom stereocenters. The van der Waals surface area contributed by atoms with Gasteiger partial charge in [-0.1, -0.05) is 29.8 Å². The first-order chi connectivity index (χ1) is 14.0.